The lowest BCUT2D eigenvalue weighted by Crippen LogP contribution is -2.46. The molecule has 2 saturated heterocycles. The third-order valence-electron chi connectivity index (χ3n) is 5.48. The highest BCUT2D eigenvalue weighted by Crippen LogP contribution is 2.23. The average Bonchev–Trinajstić information content (AvgIpc) is 3.14. The Kier molecular flexibility index (Phi) is 6.03. The van der Waals surface area contributed by atoms with Crippen LogP contribution >= 0.6 is 0 Å². The lowest BCUT2D eigenvalue weighted by molar-refractivity contribution is -0.385. The number of hydrogen-bond donors (Lipinski definition) is 1. The van der Waals surface area contributed by atoms with E-state index in [2.05, 4.69) is 22.1 Å². The Morgan fingerprint density at radius 3 is 2.85 bits per heavy atom. The van der Waals surface area contributed by atoms with Gasteiger partial charge in [0, 0.05) is 31.7 Å². The molecule has 0 saturated carbocycles. The van der Waals surface area contributed by atoms with Gasteiger partial charge in [-0.2, -0.15) is 0 Å². The van der Waals surface area contributed by atoms with Crippen molar-refractivity contribution in [1.29, 1.82) is 0 Å². The van der Waals surface area contributed by atoms with Crippen LogP contribution in [0.2, 0.25) is 0 Å². The Hall–Kier alpha value is -2.22. The highest BCUT2D eigenvalue weighted by atomic mass is 16.6. The maximum atomic E-state index is 12.6. The van der Waals surface area contributed by atoms with Crippen LogP contribution in [0.4, 0.5) is 11.5 Å². The summed E-state index contributed by atoms with van der Waals surface area (Å²) in [7, 11) is 0. The number of anilines is 1. The number of nitrogens with zero attached hydrogens (tertiary/aromatic N) is 4. The Morgan fingerprint density at radius 2 is 2.15 bits per heavy atom. The van der Waals surface area contributed by atoms with Gasteiger partial charge in [0.05, 0.1) is 10.8 Å². The molecule has 2 atom stereocenters. The Bertz CT molecular complexity index is 636. The van der Waals surface area contributed by atoms with Crippen LogP contribution in [0, 0.1) is 16.0 Å². The van der Waals surface area contributed by atoms with E-state index in [4.69, 9.17) is 0 Å². The van der Waals surface area contributed by atoms with Gasteiger partial charge >= 0.3 is 0 Å². The van der Waals surface area contributed by atoms with Gasteiger partial charge in [0.2, 0.25) is 5.91 Å². The topological polar surface area (TPSA) is 91.6 Å². The fourth-order valence-electron chi connectivity index (χ4n) is 3.98. The number of aromatic nitrogens is 1. The number of rotatable bonds is 6. The lowest BCUT2D eigenvalue weighted by Gasteiger charge is -2.33. The zero-order valence-electron chi connectivity index (χ0n) is 15.3. The summed E-state index contributed by atoms with van der Waals surface area (Å²) < 4.78 is 0. The van der Waals surface area contributed by atoms with Crippen molar-refractivity contribution in [2.75, 3.05) is 37.6 Å². The first-order valence-electron chi connectivity index (χ1n) is 9.45. The molecule has 1 N–H and O–H groups in total. The molecule has 1 amide bonds. The van der Waals surface area contributed by atoms with E-state index in [0.29, 0.717) is 18.4 Å². The molecule has 2 aliphatic heterocycles. The van der Waals surface area contributed by atoms with E-state index in [1.807, 2.05) is 4.90 Å². The van der Waals surface area contributed by atoms with Crippen molar-refractivity contribution in [1.82, 2.24) is 15.2 Å². The second kappa shape index (κ2) is 8.44. The van der Waals surface area contributed by atoms with E-state index < -0.39 is 4.92 Å². The minimum Gasteiger partial charge on any atom is -0.356 e. The number of likely N-dealkylation sites (tertiary alicyclic amines) is 1. The van der Waals surface area contributed by atoms with Gasteiger partial charge in [-0.15, -0.1) is 0 Å². The van der Waals surface area contributed by atoms with Crippen LogP contribution in [0.5, 0.6) is 0 Å². The highest BCUT2D eigenvalue weighted by Gasteiger charge is 2.28. The van der Waals surface area contributed by atoms with Gasteiger partial charge in [-0.3, -0.25) is 19.8 Å². The summed E-state index contributed by atoms with van der Waals surface area (Å²) in [4.78, 5) is 31.6. The van der Waals surface area contributed by atoms with E-state index in [1.54, 1.807) is 6.07 Å². The van der Waals surface area contributed by atoms with Crippen LogP contribution < -0.4 is 10.2 Å². The fraction of sp³-hybridized carbons (Fsp3) is 0.667. The summed E-state index contributed by atoms with van der Waals surface area (Å²) >= 11 is 0. The van der Waals surface area contributed by atoms with Crippen molar-refractivity contribution in [2.45, 2.75) is 38.6 Å². The summed E-state index contributed by atoms with van der Waals surface area (Å²) in [6, 6.07) is 3.58. The maximum absolute atomic E-state index is 12.6. The average molecular weight is 361 g/mol. The molecule has 3 heterocycles. The van der Waals surface area contributed by atoms with E-state index >= 15 is 0 Å². The summed E-state index contributed by atoms with van der Waals surface area (Å²) in [6.45, 7) is 6.47. The van der Waals surface area contributed by atoms with Gasteiger partial charge in [-0.25, -0.2) is 4.98 Å². The molecule has 1 aromatic rings. The number of nitrogens with one attached hydrogen (secondary N) is 1. The minimum absolute atomic E-state index is 0.0166. The van der Waals surface area contributed by atoms with Crippen molar-refractivity contribution >= 4 is 17.4 Å². The van der Waals surface area contributed by atoms with Crippen molar-refractivity contribution in [3.05, 3.63) is 28.4 Å². The molecule has 2 aliphatic rings. The highest BCUT2D eigenvalue weighted by molar-refractivity contribution is 5.79. The standard InChI is InChI=1S/C18H27N5O3/c1-2-21-9-4-6-15(21)11-20-18(24)14-5-3-10-22(13-14)17-8-7-16(12-19-17)23(25)26/h7-8,12,14-15H,2-6,9-11,13H2,1H3,(H,20,24)/t14-,15+/m0/s1. The molecule has 8 nitrogen and oxygen atoms in total. The number of hydrogen-bond acceptors (Lipinski definition) is 6. The van der Waals surface area contributed by atoms with Gasteiger partial charge < -0.3 is 10.2 Å². The molecular weight excluding hydrogens is 334 g/mol. The summed E-state index contributed by atoms with van der Waals surface area (Å²) in [5.74, 6) is 0.748. The lowest BCUT2D eigenvalue weighted by atomic mass is 9.97. The molecule has 142 valence electrons. The van der Waals surface area contributed by atoms with Crippen molar-refractivity contribution in [3.8, 4) is 0 Å². The van der Waals surface area contributed by atoms with E-state index in [1.165, 1.54) is 18.7 Å². The second-order valence-electron chi connectivity index (χ2n) is 7.09. The fourth-order valence-corrected chi connectivity index (χ4v) is 3.98. The predicted octanol–water partition coefficient (Wildman–Crippen LogP) is 1.81. The monoisotopic (exact) mass is 361 g/mol. The number of pyridine rings is 1. The van der Waals surface area contributed by atoms with Crippen LogP contribution in [0.25, 0.3) is 0 Å². The van der Waals surface area contributed by atoms with Gasteiger partial charge in [0.15, 0.2) is 0 Å². The molecule has 1 aromatic heterocycles. The Morgan fingerprint density at radius 1 is 1.35 bits per heavy atom. The molecule has 2 fully saturated rings. The molecule has 0 aliphatic carbocycles. The van der Waals surface area contributed by atoms with Gasteiger partial charge in [-0.05, 0) is 44.8 Å². The van der Waals surface area contributed by atoms with E-state index in [9.17, 15) is 14.9 Å². The van der Waals surface area contributed by atoms with Gasteiger partial charge in [0.1, 0.15) is 12.0 Å². The third-order valence-corrected chi connectivity index (χ3v) is 5.48. The molecule has 0 unspecified atom stereocenters. The zero-order chi connectivity index (χ0) is 18.5. The van der Waals surface area contributed by atoms with Crippen LogP contribution in [0.1, 0.15) is 32.6 Å². The van der Waals surface area contributed by atoms with Crippen molar-refractivity contribution in [3.63, 3.8) is 0 Å². The molecule has 26 heavy (non-hydrogen) atoms. The van der Waals surface area contributed by atoms with Crippen molar-refractivity contribution < 1.29 is 9.72 Å². The molecule has 8 heteroatoms. The molecule has 0 bridgehead atoms. The molecular formula is C18H27N5O3. The molecule has 0 spiro atoms. The smallest absolute Gasteiger partial charge is 0.287 e. The first-order valence-corrected chi connectivity index (χ1v) is 9.45. The number of carbonyl (C=O) groups is 1. The molecule has 0 radical (unpaired) electrons. The van der Waals surface area contributed by atoms with Gasteiger partial charge in [0.25, 0.3) is 5.69 Å². The third kappa shape index (κ3) is 4.30. The van der Waals surface area contributed by atoms with Crippen LogP contribution in [-0.2, 0) is 4.79 Å². The Balaban J connectivity index is 1.54. The SMILES string of the molecule is CCN1CCC[C@@H]1CNC(=O)[C@H]1CCCN(c2ccc([N+](=O)[O-])cn2)C1. The molecule has 0 aromatic carbocycles. The number of likely N-dealkylation sites (N-methyl/N-ethyl adjacent to an activating group) is 1. The number of piperidine rings is 1. The maximum Gasteiger partial charge on any atom is 0.287 e. The summed E-state index contributed by atoms with van der Waals surface area (Å²) in [5.41, 5.74) is -0.0166. The summed E-state index contributed by atoms with van der Waals surface area (Å²) in [6.07, 6.45) is 5.42. The first-order chi connectivity index (χ1) is 12.6. The number of amides is 1. The first kappa shape index (κ1) is 18.6. The minimum atomic E-state index is -0.453. The van der Waals surface area contributed by atoms with E-state index in [0.717, 1.165) is 45.4 Å². The largest absolute Gasteiger partial charge is 0.356 e. The van der Waals surface area contributed by atoms with Crippen LogP contribution in [0.3, 0.4) is 0 Å². The summed E-state index contributed by atoms with van der Waals surface area (Å²) in [5, 5.41) is 13.9. The van der Waals surface area contributed by atoms with Crippen LogP contribution in [-0.4, -0.2) is 59.5 Å². The zero-order valence-corrected chi connectivity index (χ0v) is 15.3. The van der Waals surface area contributed by atoms with Crippen LogP contribution in [0.15, 0.2) is 18.3 Å². The van der Waals surface area contributed by atoms with Crippen molar-refractivity contribution in [2.24, 2.45) is 5.92 Å². The Labute approximate surface area is 153 Å². The predicted molar refractivity (Wildman–Crippen MR) is 99.1 cm³/mol. The number of carbonyl (C=O) groups excluding carboxylic acids is 1. The van der Waals surface area contributed by atoms with E-state index in [-0.39, 0.29) is 17.5 Å². The normalized spacial score (nSPS) is 23.8. The second-order valence-corrected chi connectivity index (χ2v) is 7.09. The number of nitro groups is 1. The molecule has 3 rings (SSSR count). The van der Waals surface area contributed by atoms with Gasteiger partial charge in [-0.1, -0.05) is 6.92 Å². The quantitative estimate of drug-likeness (QED) is 0.614.